The Labute approximate surface area is 113 Å². The third-order valence-electron chi connectivity index (χ3n) is 3.32. The van der Waals surface area contributed by atoms with Crippen molar-refractivity contribution < 1.29 is 14.6 Å². The first-order valence-corrected chi connectivity index (χ1v) is 6.77. The molecule has 0 atom stereocenters. The summed E-state index contributed by atoms with van der Waals surface area (Å²) >= 11 is 5.87. The van der Waals surface area contributed by atoms with Crippen LogP contribution in [0.5, 0.6) is 5.75 Å². The maximum atomic E-state index is 9.24. The van der Waals surface area contributed by atoms with Crippen LogP contribution >= 0.6 is 11.6 Å². The quantitative estimate of drug-likeness (QED) is 0.894. The van der Waals surface area contributed by atoms with E-state index in [9.17, 15) is 5.11 Å². The van der Waals surface area contributed by atoms with Crippen molar-refractivity contribution in [3.8, 4) is 5.75 Å². The first kappa shape index (κ1) is 13.7. The van der Waals surface area contributed by atoms with Gasteiger partial charge in [-0.25, -0.2) is 0 Å². The topological polar surface area (TPSA) is 38.7 Å². The van der Waals surface area contributed by atoms with Crippen LogP contribution in [0.3, 0.4) is 0 Å². The van der Waals surface area contributed by atoms with E-state index in [1.165, 1.54) is 0 Å². The monoisotopic (exact) mass is 270 g/mol. The molecule has 0 aliphatic carbocycles. The van der Waals surface area contributed by atoms with Crippen molar-refractivity contribution in [3.63, 3.8) is 0 Å². The highest BCUT2D eigenvalue weighted by Gasteiger charge is 2.14. The molecule has 0 bridgehead atoms. The summed E-state index contributed by atoms with van der Waals surface area (Å²) in [6.45, 7) is 2.37. The summed E-state index contributed by atoms with van der Waals surface area (Å²) in [6.07, 6.45) is 3.28. The van der Waals surface area contributed by atoms with Gasteiger partial charge in [-0.2, -0.15) is 0 Å². The Bertz CT molecular complexity index is 375. The van der Waals surface area contributed by atoms with Crippen molar-refractivity contribution in [2.24, 2.45) is 5.92 Å². The molecular formula is C14H19ClO3. The third-order valence-corrected chi connectivity index (χ3v) is 3.55. The van der Waals surface area contributed by atoms with Crippen LogP contribution in [-0.4, -0.2) is 24.9 Å². The molecule has 4 heteroatoms. The van der Waals surface area contributed by atoms with E-state index in [0.717, 1.165) is 43.8 Å². The van der Waals surface area contributed by atoms with Crippen molar-refractivity contribution in [1.82, 2.24) is 0 Å². The van der Waals surface area contributed by atoms with Crippen molar-refractivity contribution in [3.05, 3.63) is 28.8 Å². The zero-order valence-electron chi connectivity index (χ0n) is 10.4. The lowest BCUT2D eigenvalue weighted by molar-refractivity contribution is 0.0592. The third kappa shape index (κ3) is 3.87. The minimum Gasteiger partial charge on any atom is -0.493 e. The molecule has 1 N–H and O–H groups in total. The molecule has 1 aromatic carbocycles. The van der Waals surface area contributed by atoms with Gasteiger partial charge in [0.05, 0.1) is 13.2 Å². The zero-order chi connectivity index (χ0) is 12.8. The normalized spacial score (nSPS) is 16.8. The first-order chi connectivity index (χ1) is 8.79. The predicted molar refractivity (Wildman–Crippen MR) is 71.0 cm³/mol. The number of hydrogen-bond acceptors (Lipinski definition) is 3. The van der Waals surface area contributed by atoms with E-state index >= 15 is 0 Å². The van der Waals surface area contributed by atoms with E-state index in [1.807, 2.05) is 6.07 Å². The van der Waals surface area contributed by atoms with Gasteiger partial charge in [0.2, 0.25) is 0 Å². The predicted octanol–water partition coefficient (Wildman–Crippen LogP) is 3.03. The highest BCUT2D eigenvalue weighted by molar-refractivity contribution is 6.30. The maximum absolute atomic E-state index is 9.24. The Kier molecular flexibility index (Phi) is 5.29. The van der Waals surface area contributed by atoms with Crippen molar-refractivity contribution in [1.29, 1.82) is 0 Å². The number of benzene rings is 1. The van der Waals surface area contributed by atoms with Gasteiger partial charge in [-0.15, -0.1) is 0 Å². The van der Waals surface area contributed by atoms with E-state index in [-0.39, 0.29) is 6.61 Å². The summed E-state index contributed by atoms with van der Waals surface area (Å²) in [5, 5.41) is 9.86. The summed E-state index contributed by atoms with van der Waals surface area (Å²) < 4.78 is 11.1. The van der Waals surface area contributed by atoms with Crippen LogP contribution < -0.4 is 4.74 Å². The average molecular weight is 271 g/mol. The van der Waals surface area contributed by atoms with E-state index < -0.39 is 0 Å². The molecule has 0 saturated carbocycles. The minimum absolute atomic E-state index is 0.0485. The van der Waals surface area contributed by atoms with Crippen LogP contribution in [0, 0.1) is 5.92 Å². The number of halogens is 1. The molecule has 1 aliphatic rings. The fourth-order valence-corrected chi connectivity index (χ4v) is 2.38. The van der Waals surface area contributed by atoms with Gasteiger partial charge in [-0.05, 0) is 43.4 Å². The van der Waals surface area contributed by atoms with Gasteiger partial charge in [0.1, 0.15) is 5.75 Å². The van der Waals surface area contributed by atoms with Gasteiger partial charge >= 0.3 is 0 Å². The SMILES string of the molecule is OCc1cc(Cl)ccc1OCCC1CCOCC1. The molecule has 0 unspecified atom stereocenters. The van der Waals surface area contributed by atoms with E-state index in [4.69, 9.17) is 21.1 Å². The Morgan fingerprint density at radius 1 is 1.33 bits per heavy atom. The molecule has 0 radical (unpaired) electrons. The summed E-state index contributed by atoms with van der Waals surface area (Å²) in [5.74, 6) is 1.43. The standard InChI is InChI=1S/C14H19ClO3/c15-13-1-2-14(12(9-13)10-16)18-8-5-11-3-6-17-7-4-11/h1-2,9,11,16H,3-8,10H2. The van der Waals surface area contributed by atoms with Crippen LogP contribution in [0.4, 0.5) is 0 Å². The largest absolute Gasteiger partial charge is 0.493 e. The fourth-order valence-electron chi connectivity index (χ4n) is 2.18. The fraction of sp³-hybridized carbons (Fsp3) is 0.571. The van der Waals surface area contributed by atoms with E-state index in [2.05, 4.69) is 0 Å². The lowest BCUT2D eigenvalue weighted by Gasteiger charge is -2.22. The van der Waals surface area contributed by atoms with Gasteiger partial charge in [0.25, 0.3) is 0 Å². The molecule has 1 aliphatic heterocycles. The molecule has 0 aromatic heterocycles. The van der Waals surface area contributed by atoms with E-state index in [1.54, 1.807) is 12.1 Å². The summed E-state index contributed by atoms with van der Waals surface area (Å²) in [5.41, 5.74) is 0.745. The van der Waals surface area contributed by atoms with Crippen LogP contribution in [0.2, 0.25) is 5.02 Å². The molecule has 1 heterocycles. The molecule has 0 amide bonds. The number of aliphatic hydroxyl groups is 1. The molecule has 1 aromatic rings. The Morgan fingerprint density at radius 2 is 2.11 bits per heavy atom. The molecule has 0 spiro atoms. The van der Waals surface area contributed by atoms with Gasteiger partial charge in [-0.3, -0.25) is 0 Å². The highest BCUT2D eigenvalue weighted by atomic mass is 35.5. The lowest BCUT2D eigenvalue weighted by Crippen LogP contribution is -2.18. The zero-order valence-corrected chi connectivity index (χ0v) is 11.2. The summed E-state index contributed by atoms with van der Waals surface area (Å²) in [7, 11) is 0. The minimum atomic E-state index is -0.0485. The number of aliphatic hydroxyl groups excluding tert-OH is 1. The second-order valence-corrected chi connectivity index (χ2v) is 5.04. The highest BCUT2D eigenvalue weighted by Crippen LogP contribution is 2.24. The van der Waals surface area contributed by atoms with Gasteiger partial charge in [-0.1, -0.05) is 11.6 Å². The van der Waals surface area contributed by atoms with Crippen LogP contribution in [0.1, 0.15) is 24.8 Å². The van der Waals surface area contributed by atoms with Crippen LogP contribution in [0.25, 0.3) is 0 Å². The Hall–Kier alpha value is -0.770. The second-order valence-electron chi connectivity index (χ2n) is 4.60. The Morgan fingerprint density at radius 3 is 2.83 bits per heavy atom. The van der Waals surface area contributed by atoms with E-state index in [0.29, 0.717) is 17.5 Å². The van der Waals surface area contributed by atoms with Crippen LogP contribution in [0.15, 0.2) is 18.2 Å². The maximum Gasteiger partial charge on any atom is 0.124 e. The molecule has 1 saturated heterocycles. The Balaban J connectivity index is 1.82. The number of ether oxygens (including phenoxy) is 2. The van der Waals surface area contributed by atoms with Crippen molar-refractivity contribution >= 4 is 11.6 Å². The number of rotatable bonds is 5. The van der Waals surface area contributed by atoms with Crippen molar-refractivity contribution in [2.75, 3.05) is 19.8 Å². The second kappa shape index (κ2) is 6.98. The molecule has 2 rings (SSSR count). The smallest absolute Gasteiger partial charge is 0.124 e. The molecule has 1 fully saturated rings. The summed E-state index contributed by atoms with van der Waals surface area (Å²) in [4.78, 5) is 0. The molecule has 100 valence electrons. The van der Waals surface area contributed by atoms with Gasteiger partial charge in [0, 0.05) is 23.8 Å². The molecule has 18 heavy (non-hydrogen) atoms. The summed E-state index contributed by atoms with van der Waals surface area (Å²) in [6, 6.07) is 5.34. The van der Waals surface area contributed by atoms with Gasteiger partial charge < -0.3 is 14.6 Å². The average Bonchev–Trinajstić information content (AvgIpc) is 2.41. The van der Waals surface area contributed by atoms with Crippen molar-refractivity contribution in [2.45, 2.75) is 25.9 Å². The number of hydrogen-bond donors (Lipinski definition) is 1. The molecule has 3 nitrogen and oxygen atoms in total. The van der Waals surface area contributed by atoms with Gasteiger partial charge in [0.15, 0.2) is 0 Å². The molecular weight excluding hydrogens is 252 g/mol. The first-order valence-electron chi connectivity index (χ1n) is 6.39. The van der Waals surface area contributed by atoms with Crippen LogP contribution in [-0.2, 0) is 11.3 Å². The lowest BCUT2D eigenvalue weighted by atomic mass is 9.97.